The average molecular weight is 334 g/mol. The first-order valence-electron chi connectivity index (χ1n) is 7.67. The number of aromatic nitrogens is 7. The summed E-state index contributed by atoms with van der Waals surface area (Å²) in [4.78, 5) is 12.8. The third kappa shape index (κ3) is 2.94. The highest BCUT2D eigenvalue weighted by molar-refractivity contribution is 5.83. The predicted molar refractivity (Wildman–Crippen MR) is 87.2 cm³/mol. The fourth-order valence-electron chi connectivity index (χ4n) is 2.62. The van der Waals surface area contributed by atoms with Crippen LogP contribution in [0.1, 0.15) is 17.4 Å². The Morgan fingerprint density at radius 2 is 1.92 bits per heavy atom. The van der Waals surface area contributed by atoms with Crippen LogP contribution < -0.4 is 5.32 Å². The summed E-state index contributed by atoms with van der Waals surface area (Å²) in [5.74, 6) is 0.415. The number of amides is 1. The highest BCUT2D eigenvalue weighted by Crippen LogP contribution is 2.17. The molecular weight excluding hydrogens is 320 g/mol. The van der Waals surface area contributed by atoms with E-state index in [2.05, 4.69) is 31.0 Å². The lowest BCUT2D eigenvalue weighted by Gasteiger charge is -2.16. The second-order valence-corrected chi connectivity index (χ2v) is 5.37. The van der Waals surface area contributed by atoms with E-state index in [-0.39, 0.29) is 12.5 Å². The molecule has 1 aromatic carbocycles. The number of tetrazole rings is 1. The van der Waals surface area contributed by atoms with Crippen molar-refractivity contribution in [3.05, 3.63) is 72.4 Å². The second kappa shape index (κ2) is 6.48. The molecular formula is C16H14N8O. The lowest BCUT2D eigenvalue weighted by atomic mass is 10.1. The maximum atomic E-state index is 12.8. The van der Waals surface area contributed by atoms with Gasteiger partial charge in [0.2, 0.25) is 5.91 Å². The third-order valence-electron chi connectivity index (χ3n) is 3.80. The highest BCUT2D eigenvalue weighted by Gasteiger charge is 2.24. The zero-order valence-electron chi connectivity index (χ0n) is 13.1. The van der Waals surface area contributed by atoms with Crippen LogP contribution >= 0.6 is 0 Å². The number of carbonyl (C=O) groups excluding carboxylic acids is 1. The zero-order valence-corrected chi connectivity index (χ0v) is 13.1. The fraction of sp³-hybridized carbons (Fsp3) is 0.125. The molecule has 0 saturated heterocycles. The molecule has 4 aromatic rings. The molecule has 0 saturated carbocycles. The first-order chi connectivity index (χ1) is 12.3. The molecule has 0 radical (unpaired) electrons. The van der Waals surface area contributed by atoms with Crippen LogP contribution in [-0.2, 0) is 11.3 Å². The number of hydrogen-bond donors (Lipinski definition) is 1. The molecule has 9 heteroatoms. The van der Waals surface area contributed by atoms with Gasteiger partial charge in [-0.25, -0.2) is 4.68 Å². The van der Waals surface area contributed by atoms with E-state index in [1.165, 1.54) is 11.0 Å². The molecule has 1 atom stereocenters. The van der Waals surface area contributed by atoms with Gasteiger partial charge in [0.25, 0.3) is 0 Å². The van der Waals surface area contributed by atoms with E-state index in [4.69, 9.17) is 0 Å². The van der Waals surface area contributed by atoms with Gasteiger partial charge < -0.3 is 5.32 Å². The Hall–Kier alpha value is -3.62. The standard InChI is InChI=1S/C16H14N8O/c25-16(17-10-14-20-19-13-8-4-5-9-23(13)14)15(24-11-18-21-22-24)12-6-2-1-3-7-12/h1-9,11,15H,10H2,(H,17,25)/t15-/m0/s1. The van der Waals surface area contributed by atoms with Gasteiger partial charge in [-0.15, -0.1) is 15.3 Å². The van der Waals surface area contributed by atoms with Crippen LogP contribution in [0.4, 0.5) is 0 Å². The fourth-order valence-corrected chi connectivity index (χ4v) is 2.62. The van der Waals surface area contributed by atoms with Gasteiger partial charge in [-0.2, -0.15) is 0 Å². The Kier molecular flexibility index (Phi) is 3.87. The van der Waals surface area contributed by atoms with Crippen LogP contribution in [0.15, 0.2) is 61.1 Å². The van der Waals surface area contributed by atoms with Crippen molar-refractivity contribution in [1.82, 2.24) is 40.1 Å². The molecule has 0 aliphatic heterocycles. The quantitative estimate of drug-likeness (QED) is 0.574. The Bertz CT molecular complexity index is 980. The van der Waals surface area contributed by atoms with Crippen molar-refractivity contribution in [3.63, 3.8) is 0 Å². The number of pyridine rings is 1. The highest BCUT2D eigenvalue weighted by atomic mass is 16.2. The van der Waals surface area contributed by atoms with Gasteiger partial charge in [-0.3, -0.25) is 9.20 Å². The molecule has 0 fully saturated rings. The number of benzene rings is 1. The molecule has 0 aliphatic rings. The number of fused-ring (bicyclic) bond motifs is 1. The molecule has 3 aromatic heterocycles. The molecule has 4 rings (SSSR count). The van der Waals surface area contributed by atoms with Gasteiger partial charge >= 0.3 is 0 Å². The van der Waals surface area contributed by atoms with Gasteiger partial charge in [-0.05, 0) is 28.1 Å². The van der Waals surface area contributed by atoms with Crippen LogP contribution in [0, 0.1) is 0 Å². The van der Waals surface area contributed by atoms with E-state index in [1.54, 1.807) is 0 Å². The average Bonchev–Trinajstić information content (AvgIpc) is 3.31. The summed E-state index contributed by atoms with van der Waals surface area (Å²) in [5.41, 5.74) is 1.52. The molecule has 1 amide bonds. The SMILES string of the molecule is O=C(NCc1nnc2ccccn12)[C@H](c1ccccc1)n1cnnn1. The summed E-state index contributed by atoms with van der Waals surface area (Å²) in [6, 6.07) is 14.3. The van der Waals surface area contributed by atoms with Crippen LogP contribution in [0.25, 0.3) is 5.65 Å². The third-order valence-corrected chi connectivity index (χ3v) is 3.80. The minimum absolute atomic E-state index is 0.230. The molecule has 25 heavy (non-hydrogen) atoms. The lowest BCUT2D eigenvalue weighted by molar-refractivity contribution is -0.123. The van der Waals surface area contributed by atoms with Gasteiger partial charge in [0.1, 0.15) is 6.33 Å². The Morgan fingerprint density at radius 1 is 1.08 bits per heavy atom. The topological polar surface area (TPSA) is 103 Å². The maximum absolute atomic E-state index is 12.8. The summed E-state index contributed by atoms with van der Waals surface area (Å²) < 4.78 is 3.25. The van der Waals surface area contributed by atoms with Crippen molar-refractivity contribution in [3.8, 4) is 0 Å². The van der Waals surface area contributed by atoms with E-state index < -0.39 is 6.04 Å². The van der Waals surface area contributed by atoms with Gasteiger partial charge in [0.05, 0.1) is 6.54 Å². The van der Waals surface area contributed by atoms with E-state index in [0.717, 1.165) is 11.2 Å². The van der Waals surface area contributed by atoms with Crippen LogP contribution in [0.5, 0.6) is 0 Å². The van der Waals surface area contributed by atoms with E-state index in [0.29, 0.717) is 5.82 Å². The lowest BCUT2D eigenvalue weighted by Crippen LogP contribution is -2.33. The molecule has 0 spiro atoms. The van der Waals surface area contributed by atoms with Crippen LogP contribution in [-0.4, -0.2) is 40.7 Å². The van der Waals surface area contributed by atoms with Crippen LogP contribution in [0.3, 0.4) is 0 Å². The summed E-state index contributed by atoms with van der Waals surface area (Å²) >= 11 is 0. The minimum atomic E-state index is -0.657. The number of rotatable bonds is 5. The van der Waals surface area contributed by atoms with Gasteiger partial charge in [0.15, 0.2) is 17.5 Å². The Balaban J connectivity index is 1.57. The molecule has 3 heterocycles. The van der Waals surface area contributed by atoms with Crippen LogP contribution in [0.2, 0.25) is 0 Å². The largest absolute Gasteiger partial charge is 0.347 e. The maximum Gasteiger partial charge on any atom is 0.249 e. The number of nitrogens with zero attached hydrogens (tertiary/aromatic N) is 7. The minimum Gasteiger partial charge on any atom is -0.347 e. The summed E-state index contributed by atoms with van der Waals surface area (Å²) in [6.07, 6.45) is 3.27. The monoisotopic (exact) mass is 334 g/mol. The van der Waals surface area contributed by atoms with Crippen molar-refractivity contribution in [2.75, 3.05) is 0 Å². The summed E-state index contributed by atoms with van der Waals surface area (Å²) in [6.45, 7) is 0.246. The summed E-state index contributed by atoms with van der Waals surface area (Å²) in [7, 11) is 0. The van der Waals surface area contributed by atoms with E-state index in [1.807, 2.05) is 59.1 Å². The number of hydrogen-bond acceptors (Lipinski definition) is 6. The Morgan fingerprint density at radius 3 is 2.72 bits per heavy atom. The van der Waals surface area contributed by atoms with E-state index >= 15 is 0 Å². The van der Waals surface area contributed by atoms with Gasteiger partial charge in [0, 0.05) is 6.20 Å². The first-order valence-corrected chi connectivity index (χ1v) is 7.67. The van der Waals surface area contributed by atoms with Crippen molar-refractivity contribution in [2.24, 2.45) is 0 Å². The van der Waals surface area contributed by atoms with Crippen molar-refractivity contribution in [2.45, 2.75) is 12.6 Å². The molecule has 0 bridgehead atoms. The van der Waals surface area contributed by atoms with Crippen molar-refractivity contribution >= 4 is 11.6 Å². The van der Waals surface area contributed by atoms with Crippen molar-refractivity contribution < 1.29 is 4.79 Å². The first kappa shape index (κ1) is 14.9. The molecule has 9 nitrogen and oxygen atoms in total. The second-order valence-electron chi connectivity index (χ2n) is 5.37. The Labute approximate surface area is 142 Å². The van der Waals surface area contributed by atoms with E-state index in [9.17, 15) is 4.79 Å². The number of carbonyl (C=O) groups is 1. The number of nitrogens with one attached hydrogen (secondary N) is 1. The molecule has 0 aliphatic carbocycles. The predicted octanol–water partition coefficient (Wildman–Crippen LogP) is 0.622. The summed E-state index contributed by atoms with van der Waals surface area (Å²) in [5, 5.41) is 22.2. The molecule has 124 valence electrons. The smallest absolute Gasteiger partial charge is 0.249 e. The molecule has 0 unspecified atom stereocenters. The zero-order chi connectivity index (χ0) is 17.1. The van der Waals surface area contributed by atoms with Crippen molar-refractivity contribution in [1.29, 1.82) is 0 Å². The van der Waals surface area contributed by atoms with Gasteiger partial charge in [-0.1, -0.05) is 36.4 Å². The molecule has 1 N–H and O–H groups in total. The normalized spacial score (nSPS) is 12.2.